The highest BCUT2D eigenvalue weighted by atomic mass is 32.2. The Morgan fingerprint density at radius 1 is 1.48 bits per heavy atom. The van der Waals surface area contributed by atoms with E-state index in [9.17, 15) is 8.42 Å². The lowest BCUT2D eigenvalue weighted by Gasteiger charge is -2.37. The largest absolute Gasteiger partial charge is 0.353 e. The van der Waals surface area contributed by atoms with E-state index in [4.69, 9.17) is 5.73 Å². The summed E-state index contributed by atoms with van der Waals surface area (Å²) in [5, 5.41) is -0.455. The van der Waals surface area contributed by atoms with Crippen molar-refractivity contribution in [3.8, 4) is 0 Å². The van der Waals surface area contributed by atoms with Crippen LogP contribution in [-0.4, -0.2) is 43.9 Å². The highest BCUT2D eigenvalue weighted by Crippen LogP contribution is 2.34. The van der Waals surface area contributed by atoms with Gasteiger partial charge in [0.05, 0.1) is 0 Å². The van der Waals surface area contributed by atoms with E-state index in [0.717, 1.165) is 34.2 Å². The fraction of sp³-hybridized carbons (Fsp3) is 0.571. The molecule has 1 aliphatic heterocycles. The molecule has 0 spiro atoms. The van der Waals surface area contributed by atoms with Crippen molar-refractivity contribution < 1.29 is 8.42 Å². The van der Waals surface area contributed by atoms with Gasteiger partial charge in [-0.25, -0.2) is 8.42 Å². The van der Waals surface area contributed by atoms with Gasteiger partial charge in [-0.3, -0.25) is 0 Å². The molecular weight excluding hydrogens is 324 g/mol. The van der Waals surface area contributed by atoms with Gasteiger partial charge in [0.25, 0.3) is 0 Å². The summed E-state index contributed by atoms with van der Waals surface area (Å²) in [7, 11) is -3.12. The second-order valence-corrected chi connectivity index (χ2v) is 9.60. The van der Waals surface area contributed by atoms with Crippen molar-refractivity contribution in [1.29, 1.82) is 0 Å². The van der Waals surface area contributed by atoms with Crippen molar-refractivity contribution in [2.45, 2.75) is 23.7 Å². The van der Waals surface area contributed by atoms with Crippen LogP contribution in [0.25, 0.3) is 0 Å². The van der Waals surface area contributed by atoms with E-state index in [-0.39, 0.29) is 0 Å². The number of nitrogens with two attached hydrogens (primary N) is 1. The number of sulfone groups is 1. The van der Waals surface area contributed by atoms with Crippen LogP contribution in [0.5, 0.6) is 0 Å². The third-order valence-corrected chi connectivity index (χ3v) is 7.13. The predicted octanol–water partition coefficient (Wildman–Crippen LogP) is 2.18. The Kier molecular flexibility index (Phi) is 5.88. The lowest BCUT2D eigenvalue weighted by Crippen LogP contribution is -2.47. The van der Waals surface area contributed by atoms with Crippen molar-refractivity contribution in [2.24, 2.45) is 5.73 Å². The molecule has 0 aliphatic carbocycles. The number of hydrogen-bond acceptors (Lipinski definition) is 6. The first kappa shape index (κ1) is 17.0. The molecule has 0 aromatic heterocycles. The Bertz CT molecular complexity index is 590. The summed E-state index contributed by atoms with van der Waals surface area (Å²) in [5.74, 6) is 2.54. The number of thioether (sulfide) groups is 2. The molecule has 0 amide bonds. The van der Waals surface area contributed by atoms with Gasteiger partial charge in [-0.15, -0.1) is 11.8 Å². The fourth-order valence-corrected chi connectivity index (χ4v) is 6.21. The quantitative estimate of drug-likeness (QED) is 0.825. The Hall–Kier alpha value is -0.370. The predicted molar refractivity (Wildman–Crippen MR) is 94.0 cm³/mol. The molecule has 1 aromatic carbocycles. The summed E-state index contributed by atoms with van der Waals surface area (Å²) in [6, 6.07) is 6.05. The molecule has 0 bridgehead atoms. The zero-order valence-corrected chi connectivity index (χ0v) is 14.9. The zero-order valence-electron chi connectivity index (χ0n) is 12.4. The minimum absolute atomic E-state index is 0.429. The molecule has 1 unspecified atom stereocenters. The average molecular weight is 347 g/mol. The molecule has 1 saturated heterocycles. The lowest BCUT2D eigenvalue weighted by atomic mass is 10.1. The summed E-state index contributed by atoms with van der Waals surface area (Å²) < 4.78 is 24.2. The summed E-state index contributed by atoms with van der Waals surface area (Å²) in [5.41, 5.74) is 7.99. The normalized spacial score (nSPS) is 19.8. The van der Waals surface area contributed by atoms with Crippen LogP contribution in [0.1, 0.15) is 12.5 Å². The molecule has 1 aromatic rings. The number of nitrogens with zero attached hydrogens (tertiary/aromatic N) is 1. The topological polar surface area (TPSA) is 63.4 Å². The molecule has 0 saturated carbocycles. The minimum atomic E-state index is -3.12. The molecule has 2 rings (SSSR count). The zero-order chi connectivity index (χ0) is 15.5. The molecule has 1 aliphatic rings. The molecule has 1 heterocycles. The first-order valence-corrected chi connectivity index (χ1v) is 11.1. The summed E-state index contributed by atoms with van der Waals surface area (Å²) in [6.07, 6.45) is 1.32. The van der Waals surface area contributed by atoms with Gasteiger partial charge in [0.1, 0.15) is 5.37 Å². The SMILES string of the molecule is CCSc1cccc(N2CCSCC2S(C)(=O)=O)c1CN. The van der Waals surface area contributed by atoms with Gasteiger partial charge in [-0.05, 0) is 17.9 Å². The molecule has 4 nitrogen and oxygen atoms in total. The summed E-state index contributed by atoms with van der Waals surface area (Å²) in [4.78, 5) is 3.18. The van der Waals surface area contributed by atoms with Crippen molar-refractivity contribution >= 4 is 39.0 Å². The van der Waals surface area contributed by atoms with Gasteiger partial charge in [0.2, 0.25) is 0 Å². The second-order valence-electron chi connectivity index (χ2n) is 4.94. The van der Waals surface area contributed by atoms with Crippen LogP contribution in [-0.2, 0) is 16.4 Å². The average Bonchev–Trinajstić information content (AvgIpc) is 2.46. The molecule has 1 atom stereocenters. The molecule has 2 N–H and O–H groups in total. The van der Waals surface area contributed by atoms with E-state index in [0.29, 0.717) is 12.3 Å². The fourth-order valence-electron chi connectivity index (χ4n) is 2.53. The molecule has 21 heavy (non-hydrogen) atoms. The van der Waals surface area contributed by atoms with Crippen LogP contribution in [0.3, 0.4) is 0 Å². The van der Waals surface area contributed by atoms with Gasteiger partial charge in [0.15, 0.2) is 9.84 Å². The van der Waals surface area contributed by atoms with Gasteiger partial charge >= 0.3 is 0 Å². The van der Waals surface area contributed by atoms with E-state index in [2.05, 4.69) is 13.0 Å². The van der Waals surface area contributed by atoms with E-state index < -0.39 is 15.2 Å². The molecule has 0 radical (unpaired) electrons. The highest BCUT2D eigenvalue weighted by molar-refractivity contribution is 8.01. The highest BCUT2D eigenvalue weighted by Gasteiger charge is 2.32. The smallest absolute Gasteiger partial charge is 0.169 e. The van der Waals surface area contributed by atoms with E-state index in [1.165, 1.54) is 6.26 Å². The van der Waals surface area contributed by atoms with Crippen molar-refractivity contribution in [1.82, 2.24) is 0 Å². The summed E-state index contributed by atoms with van der Waals surface area (Å²) in [6.45, 7) is 3.28. The van der Waals surface area contributed by atoms with Crippen LogP contribution in [0.2, 0.25) is 0 Å². The maximum absolute atomic E-state index is 12.1. The van der Waals surface area contributed by atoms with E-state index >= 15 is 0 Å². The first-order valence-electron chi connectivity index (χ1n) is 6.97. The Labute approximate surface area is 135 Å². The molecule has 7 heteroatoms. The monoisotopic (exact) mass is 346 g/mol. The van der Waals surface area contributed by atoms with Crippen LogP contribution in [0, 0.1) is 0 Å². The van der Waals surface area contributed by atoms with Gasteiger partial charge < -0.3 is 10.6 Å². The number of rotatable bonds is 5. The van der Waals surface area contributed by atoms with Crippen LogP contribution >= 0.6 is 23.5 Å². The van der Waals surface area contributed by atoms with E-state index in [1.807, 2.05) is 17.0 Å². The number of benzene rings is 1. The van der Waals surface area contributed by atoms with Crippen molar-refractivity contribution in [3.05, 3.63) is 23.8 Å². The first-order chi connectivity index (χ1) is 9.99. The van der Waals surface area contributed by atoms with Gasteiger partial charge in [-0.2, -0.15) is 11.8 Å². The van der Waals surface area contributed by atoms with Crippen molar-refractivity contribution in [2.75, 3.05) is 35.0 Å². The Balaban J connectivity index is 2.45. The van der Waals surface area contributed by atoms with Crippen LogP contribution < -0.4 is 10.6 Å². The third kappa shape index (κ3) is 3.88. The Morgan fingerprint density at radius 2 is 2.24 bits per heavy atom. The van der Waals surface area contributed by atoms with Crippen LogP contribution in [0.15, 0.2) is 23.1 Å². The Morgan fingerprint density at radius 3 is 2.86 bits per heavy atom. The number of anilines is 1. The van der Waals surface area contributed by atoms with Gasteiger partial charge in [-0.1, -0.05) is 13.0 Å². The van der Waals surface area contributed by atoms with Gasteiger partial charge in [0, 0.05) is 47.0 Å². The molecule has 118 valence electrons. The number of hydrogen-bond donors (Lipinski definition) is 1. The summed E-state index contributed by atoms with van der Waals surface area (Å²) >= 11 is 3.45. The maximum atomic E-state index is 12.1. The van der Waals surface area contributed by atoms with Crippen molar-refractivity contribution in [3.63, 3.8) is 0 Å². The molecule has 1 fully saturated rings. The minimum Gasteiger partial charge on any atom is -0.353 e. The molecular formula is C14H22N2O2S3. The van der Waals surface area contributed by atoms with Crippen LogP contribution in [0.4, 0.5) is 5.69 Å². The van der Waals surface area contributed by atoms with E-state index in [1.54, 1.807) is 23.5 Å². The second kappa shape index (κ2) is 7.26. The third-order valence-electron chi connectivity index (χ3n) is 3.50. The lowest BCUT2D eigenvalue weighted by molar-refractivity contribution is 0.584. The maximum Gasteiger partial charge on any atom is 0.169 e. The standard InChI is InChI=1S/C14H22N2O2S3/c1-3-20-13-6-4-5-12(11(13)9-15)16-7-8-19-10-14(16)21(2,17)18/h4-6,14H,3,7-10,15H2,1-2H3.